The van der Waals surface area contributed by atoms with E-state index < -0.39 is 18.4 Å². The second kappa shape index (κ2) is 5.59. The molecule has 1 rings (SSSR count). The number of nitrogens with zero attached hydrogens (tertiary/aromatic N) is 3. The number of rotatable bonds is 3. The lowest BCUT2D eigenvalue weighted by Crippen LogP contribution is -2.57. The molecule has 9 heteroatoms. The molecule has 1 aliphatic rings. The number of aliphatic carboxylic acids is 1. The topological polar surface area (TPSA) is 125 Å². The maximum atomic E-state index is 11.3. The van der Waals surface area contributed by atoms with Crippen molar-refractivity contribution < 1.29 is 14.7 Å². The Labute approximate surface area is 91.9 Å². The summed E-state index contributed by atoms with van der Waals surface area (Å²) in [6.07, 6.45) is -0.548. The lowest BCUT2D eigenvalue weighted by atomic mass is 10.2. The molecule has 0 spiro atoms. The molecule has 0 amide bonds. The van der Waals surface area contributed by atoms with E-state index in [1.54, 1.807) is 0 Å². The van der Waals surface area contributed by atoms with Gasteiger partial charge in [-0.25, -0.2) is 21.6 Å². The van der Waals surface area contributed by atoms with Crippen LogP contribution in [0.3, 0.4) is 0 Å². The summed E-state index contributed by atoms with van der Waals surface area (Å²) in [5.74, 6) is 4.31. The molecule has 0 radical (unpaired) electrons. The minimum atomic E-state index is -1.01. The summed E-state index contributed by atoms with van der Waals surface area (Å²) in [4.78, 5) is 25.3. The number of carbonyl (C=O) groups is 1. The van der Waals surface area contributed by atoms with Crippen LogP contribution in [0, 0.1) is 4.91 Å². The molecule has 0 aromatic rings. The normalized spacial score (nSPS) is 24.9. The van der Waals surface area contributed by atoms with Crippen LogP contribution in [-0.2, 0) is 4.79 Å². The van der Waals surface area contributed by atoms with Crippen molar-refractivity contribution in [3.63, 3.8) is 0 Å². The molecular formula is C6H13ClN5O3+. The van der Waals surface area contributed by atoms with Crippen molar-refractivity contribution in [2.75, 3.05) is 0 Å². The number of nitroso groups, excluding NO2 is 1. The number of hydrogen-bond donors (Lipinski definition) is 3. The number of carboxylic acid groups (broad SMARTS) is 1. The van der Waals surface area contributed by atoms with E-state index in [0.717, 1.165) is 5.01 Å². The molecule has 0 fully saturated rings. The molecule has 1 aliphatic heterocycles. The van der Waals surface area contributed by atoms with Crippen molar-refractivity contribution in [2.24, 2.45) is 16.6 Å². The Morgan fingerprint density at radius 3 is 2.80 bits per heavy atom. The van der Waals surface area contributed by atoms with Gasteiger partial charge in [0, 0.05) is 11.3 Å². The van der Waals surface area contributed by atoms with Crippen LogP contribution in [0.2, 0.25) is 0 Å². The molecule has 0 bridgehead atoms. The molecule has 2 atom stereocenters. The van der Waals surface area contributed by atoms with Crippen molar-refractivity contribution >= 4 is 24.7 Å². The highest BCUT2D eigenvalue weighted by Crippen LogP contribution is 2.09. The molecule has 0 saturated carbocycles. The summed E-state index contributed by atoms with van der Waals surface area (Å²) in [6.45, 7) is 0. The average Bonchev–Trinajstić information content (AvgIpc) is 2.13. The van der Waals surface area contributed by atoms with Gasteiger partial charge in [-0.1, -0.05) is 0 Å². The van der Waals surface area contributed by atoms with Gasteiger partial charge in [0.05, 0.1) is 11.2 Å². The van der Waals surface area contributed by atoms with Crippen LogP contribution >= 0.6 is 12.4 Å². The fourth-order valence-electron chi connectivity index (χ4n) is 1.05. The van der Waals surface area contributed by atoms with Gasteiger partial charge < -0.3 is 5.11 Å². The summed E-state index contributed by atoms with van der Waals surface area (Å²) in [5.41, 5.74) is 5.39. The predicted molar refractivity (Wildman–Crippen MR) is 54.0 cm³/mol. The van der Waals surface area contributed by atoms with Crippen LogP contribution in [-0.4, -0.2) is 39.6 Å². The number of hydrogen-bond acceptors (Lipinski definition) is 6. The van der Waals surface area contributed by atoms with Gasteiger partial charge in [0.2, 0.25) is 0 Å². The number of nitrogens with two attached hydrogens (primary N) is 2. The third-order valence-electron chi connectivity index (χ3n) is 1.85. The monoisotopic (exact) mass is 238 g/mol. The van der Waals surface area contributed by atoms with Crippen molar-refractivity contribution in [3.8, 4) is 0 Å². The lowest BCUT2D eigenvalue weighted by molar-refractivity contribution is -0.641. The van der Waals surface area contributed by atoms with Gasteiger partial charge in [0.25, 0.3) is 6.17 Å². The average molecular weight is 239 g/mol. The van der Waals surface area contributed by atoms with E-state index in [1.807, 2.05) is 0 Å². The Kier molecular flexibility index (Phi) is 5.12. The Morgan fingerprint density at radius 2 is 2.27 bits per heavy atom. The third kappa shape index (κ3) is 3.42. The number of hydrazine groups is 1. The molecule has 0 aromatic carbocycles. The second-order valence-corrected chi connectivity index (χ2v) is 2.90. The molecule has 0 saturated heterocycles. The maximum absolute atomic E-state index is 11.3. The predicted octanol–water partition coefficient (Wildman–Crippen LogP) is -1.16. The molecule has 2 unspecified atom stereocenters. The van der Waals surface area contributed by atoms with Crippen LogP contribution in [0.1, 0.15) is 12.8 Å². The summed E-state index contributed by atoms with van der Waals surface area (Å²) in [6, 6.07) is 0. The van der Waals surface area contributed by atoms with Crippen molar-refractivity contribution in [1.29, 1.82) is 0 Å². The van der Waals surface area contributed by atoms with Gasteiger partial charge in [-0.2, -0.15) is 0 Å². The smallest absolute Gasteiger partial charge is 0.349 e. The van der Waals surface area contributed by atoms with Gasteiger partial charge in [-0.3, -0.25) is 4.79 Å². The van der Waals surface area contributed by atoms with Crippen molar-refractivity contribution in [2.45, 2.75) is 25.3 Å². The van der Waals surface area contributed by atoms with Crippen LogP contribution in [0.25, 0.3) is 0 Å². The summed E-state index contributed by atoms with van der Waals surface area (Å²) < 4.78 is 0.475. The first-order valence-corrected chi connectivity index (χ1v) is 4.01. The van der Waals surface area contributed by atoms with Gasteiger partial charge in [-0.15, -0.1) is 12.4 Å². The van der Waals surface area contributed by atoms with Gasteiger partial charge in [0.15, 0.2) is 0 Å². The van der Waals surface area contributed by atoms with E-state index >= 15 is 0 Å². The minimum Gasteiger partial charge on any atom is -0.481 e. The molecular weight excluding hydrogens is 226 g/mol. The van der Waals surface area contributed by atoms with E-state index in [-0.39, 0.29) is 25.2 Å². The Bertz CT molecular complexity index is 284. The SMILES string of the molecule is Cl.NC1N(N)C=NC(CCC(=O)O)[N+]1=O. The second-order valence-electron chi connectivity index (χ2n) is 2.90. The zero-order valence-electron chi connectivity index (χ0n) is 7.81. The highest BCUT2D eigenvalue weighted by Gasteiger charge is 2.37. The first-order valence-electron chi connectivity index (χ1n) is 4.01. The summed E-state index contributed by atoms with van der Waals surface area (Å²) in [7, 11) is 0. The van der Waals surface area contributed by atoms with Gasteiger partial charge >= 0.3 is 12.3 Å². The molecule has 5 N–H and O–H groups in total. The molecule has 8 nitrogen and oxygen atoms in total. The van der Waals surface area contributed by atoms with E-state index in [1.165, 1.54) is 6.34 Å². The zero-order valence-corrected chi connectivity index (χ0v) is 8.63. The molecule has 15 heavy (non-hydrogen) atoms. The third-order valence-corrected chi connectivity index (χ3v) is 1.85. The van der Waals surface area contributed by atoms with Gasteiger partial charge in [0.1, 0.15) is 6.34 Å². The number of halogens is 1. The van der Waals surface area contributed by atoms with Crippen LogP contribution < -0.4 is 11.6 Å². The number of carboxylic acids is 1. The quantitative estimate of drug-likeness (QED) is 0.421. The maximum Gasteiger partial charge on any atom is 0.349 e. The largest absolute Gasteiger partial charge is 0.481 e. The lowest BCUT2D eigenvalue weighted by Gasteiger charge is -2.20. The van der Waals surface area contributed by atoms with E-state index in [0.29, 0.717) is 4.76 Å². The molecule has 0 aromatic heterocycles. The van der Waals surface area contributed by atoms with Crippen LogP contribution in [0.5, 0.6) is 0 Å². The fraction of sp³-hybridized carbons (Fsp3) is 0.667. The van der Waals surface area contributed by atoms with E-state index in [9.17, 15) is 9.70 Å². The Hall–Kier alpha value is -1.25. The summed E-state index contributed by atoms with van der Waals surface area (Å²) >= 11 is 0. The van der Waals surface area contributed by atoms with E-state index in [4.69, 9.17) is 16.7 Å². The Morgan fingerprint density at radius 1 is 1.67 bits per heavy atom. The van der Waals surface area contributed by atoms with Crippen LogP contribution in [0.4, 0.5) is 0 Å². The molecule has 86 valence electrons. The van der Waals surface area contributed by atoms with Crippen molar-refractivity contribution in [3.05, 3.63) is 4.91 Å². The first-order chi connectivity index (χ1) is 6.52. The standard InChI is InChI=1S/C6H11N5O3.ClH/c7-6-10(8)3-9-4(11(6)14)1-2-5(12)13;/h3-4,6H,1-2,7-8H2;1H/p+1. The van der Waals surface area contributed by atoms with Crippen LogP contribution in [0.15, 0.2) is 4.99 Å². The van der Waals surface area contributed by atoms with Crippen molar-refractivity contribution in [1.82, 2.24) is 5.01 Å². The highest BCUT2D eigenvalue weighted by molar-refractivity contribution is 5.85. The minimum absolute atomic E-state index is 0. The highest BCUT2D eigenvalue weighted by atomic mass is 35.5. The molecule has 1 heterocycles. The van der Waals surface area contributed by atoms with Gasteiger partial charge in [-0.05, 0) is 0 Å². The molecule has 0 aliphatic carbocycles. The zero-order chi connectivity index (χ0) is 10.7. The fourth-order valence-corrected chi connectivity index (χ4v) is 1.05. The Balaban J connectivity index is 0.00000196. The number of aliphatic imine (C=N–C) groups is 1. The summed E-state index contributed by atoms with van der Waals surface area (Å²) in [5, 5.41) is 9.37. The van der Waals surface area contributed by atoms with E-state index in [2.05, 4.69) is 4.99 Å². The first kappa shape index (κ1) is 13.8.